The van der Waals surface area contributed by atoms with Gasteiger partial charge in [0.25, 0.3) is 0 Å². The molecule has 0 unspecified atom stereocenters. The molecule has 0 amide bonds. The standard InChI is InChI=1S/C11H13N3O2S/c1-2-16-11(15)6-17-10-4-9-7(3-8(10)12)5-13-14-9/h3-5H,2,6,12H2,1H3,(H,13,14). The summed E-state index contributed by atoms with van der Waals surface area (Å²) < 4.78 is 4.86. The number of H-pyrrole nitrogens is 1. The van der Waals surface area contributed by atoms with E-state index >= 15 is 0 Å². The molecule has 1 heterocycles. The maximum atomic E-state index is 11.2. The van der Waals surface area contributed by atoms with Crippen molar-refractivity contribution in [3.8, 4) is 0 Å². The number of nitrogens with two attached hydrogens (primary N) is 1. The molecule has 5 nitrogen and oxygen atoms in total. The van der Waals surface area contributed by atoms with Crippen LogP contribution in [0.2, 0.25) is 0 Å². The number of hydrogen-bond donors (Lipinski definition) is 2. The van der Waals surface area contributed by atoms with Crippen LogP contribution in [0.5, 0.6) is 0 Å². The molecule has 0 aliphatic carbocycles. The van der Waals surface area contributed by atoms with E-state index < -0.39 is 0 Å². The Morgan fingerprint density at radius 2 is 2.41 bits per heavy atom. The van der Waals surface area contributed by atoms with E-state index in [-0.39, 0.29) is 11.7 Å². The van der Waals surface area contributed by atoms with Gasteiger partial charge in [-0.3, -0.25) is 9.89 Å². The van der Waals surface area contributed by atoms with Gasteiger partial charge in [0, 0.05) is 16.0 Å². The lowest BCUT2D eigenvalue weighted by Gasteiger charge is -2.05. The predicted octanol–water partition coefficient (Wildman–Crippen LogP) is 1.80. The van der Waals surface area contributed by atoms with Gasteiger partial charge in [0.2, 0.25) is 0 Å². The third-order valence-corrected chi connectivity index (χ3v) is 3.27. The summed E-state index contributed by atoms with van der Waals surface area (Å²) in [6, 6.07) is 3.73. The van der Waals surface area contributed by atoms with E-state index in [4.69, 9.17) is 10.5 Å². The number of nitrogens with zero attached hydrogens (tertiary/aromatic N) is 1. The Bertz CT molecular complexity index is 538. The number of nitrogen functional groups attached to an aromatic ring is 1. The van der Waals surface area contributed by atoms with Gasteiger partial charge in [0.1, 0.15) is 0 Å². The van der Waals surface area contributed by atoms with Gasteiger partial charge in [-0.25, -0.2) is 0 Å². The number of anilines is 1. The van der Waals surface area contributed by atoms with Gasteiger partial charge in [0.05, 0.1) is 24.1 Å². The number of rotatable bonds is 4. The summed E-state index contributed by atoms with van der Waals surface area (Å²) in [6.07, 6.45) is 1.71. The van der Waals surface area contributed by atoms with Gasteiger partial charge in [-0.1, -0.05) is 0 Å². The number of benzene rings is 1. The van der Waals surface area contributed by atoms with Gasteiger partial charge in [-0.15, -0.1) is 11.8 Å². The first kappa shape index (κ1) is 11.8. The average Bonchev–Trinajstić information content (AvgIpc) is 2.73. The monoisotopic (exact) mass is 251 g/mol. The van der Waals surface area contributed by atoms with Crippen molar-refractivity contribution in [2.45, 2.75) is 11.8 Å². The Morgan fingerprint density at radius 3 is 3.18 bits per heavy atom. The maximum absolute atomic E-state index is 11.2. The molecule has 6 heteroatoms. The van der Waals surface area contributed by atoms with Gasteiger partial charge < -0.3 is 10.5 Å². The van der Waals surface area contributed by atoms with E-state index in [2.05, 4.69) is 10.2 Å². The zero-order valence-electron chi connectivity index (χ0n) is 9.40. The topological polar surface area (TPSA) is 81.0 Å². The van der Waals surface area contributed by atoms with Crippen LogP contribution in [0.4, 0.5) is 5.69 Å². The summed E-state index contributed by atoms with van der Waals surface area (Å²) in [5.74, 6) is 0.0270. The zero-order chi connectivity index (χ0) is 12.3. The van der Waals surface area contributed by atoms with E-state index in [1.807, 2.05) is 12.1 Å². The summed E-state index contributed by atoms with van der Waals surface area (Å²) in [6.45, 7) is 2.18. The molecule has 90 valence electrons. The van der Waals surface area contributed by atoms with Crippen molar-refractivity contribution in [3.05, 3.63) is 18.3 Å². The number of thioether (sulfide) groups is 1. The fourth-order valence-corrected chi connectivity index (χ4v) is 2.24. The summed E-state index contributed by atoms with van der Waals surface area (Å²) >= 11 is 1.37. The minimum atomic E-state index is -0.235. The molecule has 1 aromatic carbocycles. The summed E-state index contributed by atoms with van der Waals surface area (Å²) in [4.78, 5) is 12.1. The molecule has 2 aromatic rings. The normalized spacial score (nSPS) is 10.6. The summed E-state index contributed by atoms with van der Waals surface area (Å²) in [5.41, 5.74) is 7.45. The number of fused-ring (bicyclic) bond motifs is 1. The molecule has 0 saturated carbocycles. The van der Waals surface area contributed by atoms with E-state index in [0.29, 0.717) is 12.3 Å². The predicted molar refractivity (Wildman–Crippen MR) is 67.9 cm³/mol. The highest BCUT2D eigenvalue weighted by Crippen LogP contribution is 2.29. The number of nitrogens with one attached hydrogen (secondary N) is 1. The van der Waals surface area contributed by atoms with Gasteiger partial charge in [-0.2, -0.15) is 5.10 Å². The number of ether oxygens (including phenoxy) is 1. The largest absolute Gasteiger partial charge is 0.465 e. The molecule has 3 N–H and O–H groups in total. The molecule has 2 rings (SSSR count). The van der Waals surface area contributed by atoms with Crippen molar-refractivity contribution in [3.63, 3.8) is 0 Å². The minimum absolute atomic E-state index is 0.235. The summed E-state index contributed by atoms with van der Waals surface area (Å²) in [5, 5.41) is 7.75. The van der Waals surface area contributed by atoms with Crippen molar-refractivity contribution < 1.29 is 9.53 Å². The van der Waals surface area contributed by atoms with Crippen molar-refractivity contribution >= 4 is 34.3 Å². The van der Waals surface area contributed by atoms with Crippen LogP contribution in [0.25, 0.3) is 10.9 Å². The third kappa shape index (κ3) is 2.71. The minimum Gasteiger partial charge on any atom is -0.465 e. The number of carbonyl (C=O) groups excluding carboxylic acids is 1. The van der Waals surface area contributed by atoms with Crippen molar-refractivity contribution in [2.24, 2.45) is 0 Å². The highest BCUT2D eigenvalue weighted by molar-refractivity contribution is 8.00. The van der Waals surface area contributed by atoms with Crippen molar-refractivity contribution in [1.82, 2.24) is 10.2 Å². The molecule has 0 saturated heterocycles. The number of esters is 1. The smallest absolute Gasteiger partial charge is 0.316 e. The Labute approximate surface area is 103 Å². The number of carbonyl (C=O) groups is 1. The van der Waals surface area contributed by atoms with E-state index in [9.17, 15) is 4.79 Å². The molecular weight excluding hydrogens is 238 g/mol. The maximum Gasteiger partial charge on any atom is 0.316 e. The Kier molecular flexibility index (Phi) is 3.53. The average molecular weight is 251 g/mol. The van der Waals surface area contributed by atoms with Crippen LogP contribution in [-0.4, -0.2) is 28.5 Å². The zero-order valence-corrected chi connectivity index (χ0v) is 10.2. The molecule has 0 fully saturated rings. The first-order valence-electron chi connectivity index (χ1n) is 5.21. The molecule has 0 radical (unpaired) electrons. The van der Waals surface area contributed by atoms with Gasteiger partial charge >= 0.3 is 5.97 Å². The molecule has 0 atom stereocenters. The Balaban J connectivity index is 2.12. The van der Waals surface area contributed by atoms with Crippen LogP contribution in [0.1, 0.15) is 6.92 Å². The van der Waals surface area contributed by atoms with E-state index in [1.165, 1.54) is 11.8 Å². The fourth-order valence-electron chi connectivity index (χ4n) is 1.45. The van der Waals surface area contributed by atoms with E-state index in [1.54, 1.807) is 13.1 Å². The first-order valence-corrected chi connectivity index (χ1v) is 6.20. The molecule has 0 bridgehead atoms. The lowest BCUT2D eigenvalue weighted by atomic mass is 10.2. The molecule has 0 aliphatic heterocycles. The van der Waals surface area contributed by atoms with Crippen LogP contribution >= 0.6 is 11.8 Å². The molecule has 17 heavy (non-hydrogen) atoms. The van der Waals surface area contributed by atoms with Crippen LogP contribution < -0.4 is 5.73 Å². The highest BCUT2D eigenvalue weighted by Gasteiger charge is 2.08. The first-order chi connectivity index (χ1) is 8.20. The molecular formula is C11H13N3O2S. The van der Waals surface area contributed by atoms with Crippen molar-refractivity contribution in [1.29, 1.82) is 0 Å². The second-order valence-corrected chi connectivity index (χ2v) is 4.46. The Morgan fingerprint density at radius 1 is 1.59 bits per heavy atom. The lowest BCUT2D eigenvalue weighted by molar-refractivity contribution is -0.139. The second kappa shape index (κ2) is 5.09. The van der Waals surface area contributed by atoms with Crippen LogP contribution in [-0.2, 0) is 9.53 Å². The number of hydrogen-bond acceptors (Lipinski definition) is 5. The molecule has 0 spiro atoms. The molecule has 1 aromatic heterocycles. The summed E-state index contributed by atoms with van der Waals surface area (Å²) in [7, 11) is 0. The van der Waals surface area contributed by atoms with Crippen LogP contribution in [0.15, 0.2) is 23.2 Å². The van der Waals surface area contributed by atoms with Crippen LogP contribution in [0.3, 0.4) is 0 Å². The second-order valence-electron chi connectivity index (χ2n) is 3.44. The van der Waals surface area contributed by atoms with Gasteiger partial charge in [-0.05, 0) is 19.1 Å². The van der Waals surface area contributed by atoms with Gasteiger partial charge in [0.15, 0.2) is 0 Å². The van der Waals surface area contributed by atoms with Crippen LogP contribution in [0, 0.1) is 0 Å². The molecule has 0 aliphatic rings. The third-order valence-electron chi connectivity index (χ3n) is 2.22. The van der Waals surface area contributed by atoms with Crippen molar-refractivity contribution in [2.75, 3.05) is 18.1 Å². The lowest BCUT2D eigenvalue weighted by Crippen LogP contribution is -2.06. The highest BCUT2D eigenvalue weighted by atomic mass is 32.2. The van der Waals surface area contributed by atoms with E-state index in [0.717, 1.165) is 15.8 Å². The fraction of sp³-hybridized carbons (Fsp3) is 0.273. The quantitative estimate of drug-likeness (QED) is 0.492. The SMILES string of the molecule is CCOC(=O)CSc1cc2[nH]ncc2cc1N. The number of aromatic nitrogens is 2. The number of aromatic amines is 1. The Hall–Kier alpha value is -1.69.